The number of carbonyl (C=O) groups is 2. The highest BCUT2D eigenvalue weighted by atomic mass is 35.6. The molecular weight excluding hydrogens is 339 g/mol. The second-order valence-corrected chi connectivity index (χ2v) is 7.28. The van der Waals surface area contributed by atoms with Gasteiger partial charge in [-0.3, -0.25) is 9.59 Å². The van der Waals surface area contributed by atoms with E-state index in [2.05, 4.69) is 6.92 Å². The first kappa shape index (κ1) is 20.8. The van der Waals surface area contributed by atoms with Crippen molar-refractivity contribution in [1.82, 2.24) is 0 Å². The summed E-state index contributed by atoms with van der Waals surface area (Å²) in [4.78, 5) is 22.6. The van der Waals surface area contributed by atoms with Crippen LogP contribution in [0.15, 0.2) is 0 Å². The van der Waals surface area contributed by atoms with Crippen LogP contribution in [0.1, 0.15) is 58.3 Å². The molecule has 0 saturated carbocycles. The SMILES string of the molecule is CCCCCCCCOC(=O)CCC(=O)OCC(Cl)(Cl)Cl. The first-order valence-corrected chi connectivity index (χ1v) is 8.36. The van der Waals surface area contributed by atoms with Gasteiger partial charge in [0.15, 0.2) is 0 Å². The molecule has 21 heavy (non-hydrogen) atoms. The lowest BCUT2D eigenvalue weighted by molar-refractivity contribution is -0.150. The van der Waals surface area contributed by atoms with Gasteiger partial charge in [0.25, 0.3) is 0 Å². The van der Waals surface area contributed by atoms with Gasteiger partial charge in [-0.05, 0) is 6.42 Å². The average molecular weight is 362 g/mol. The molecule has 0 rings (SSSR count). The second kappa shape index (κ2) is 12.4. The van der Waals surface area contributed by atoms with Crippen LogP contribution >= 0.6 is 34.8 Å². The molecule has 0 spiro atoms. The van der Waals surface area contributed by atoms with E-state index >= 15 is 0 Å². The van der Waals surface area contributed by atoms with E-state index in [9.17, 15) is 9.59 Å². The summed E-state index contributed by atoms with van der Waals surface area (Å²) in [7, 11) is 0. The van der Waals surface area contributed by atoms with Crippen LogP contribution in [0.5, 0.6) is 0 Å². The van der Waals surface area contributed by atoms with Gasteiger partial charge in [-0.2, -0.15) is 0 Å². The van der Waals surface area contributed by atoms with Crippen LogP contribution in [0, 0.1) is 0 Å². The maximum Gasteiger partial charge on any atom is 0.306 e. The summed E-state index contributed by atoms with van der Waals surface area (Å²) >= 11 is 16.3. The van der Waals surface area contributed by atoms with Gasteiger partial charge >= 0.3 is 11.9 Å². The molecule has 0 aliphatic carbocycles. The number of hydrogen-bond donors (Lipinski definition) is 0. The minimum absolute atomic E-state index is 0.0193. The van der Waals surface area contributed by atoms with Gasteiger partial charge in [0.1, 0.15) is 6.61 Å². The zero-order valence-corrected chi connectivity index (χ0v) is 14.6. The zero-order valence-electron chi connectivity index (χ0n) is 12.3. The van der Waals surface area contributed by atoms with Gasteiger partial charge in [0.05, 0.1) is 19.4 Å². The van der Waals surface area contributed by atoms with Crippen molar-refractivity contribution in [2.24, 2.45) is 0 Å². The second-order valence-electron chi connectivity index (χ2n) is 4.76. The molecular formula is C14H23Cl3O4. The standard InChI is InChI=1S/C14H23Cl3O4/c1-2-3-4-5-6-7-10-20-12(18)8-9-13(19)21-11-14(15,16)17/h2-11H2,1H3. The van der Waals surface area contributed by atoms with Gasteiger partial charge in [-0.15, -0.1) is 0 Å². The lowest BCUT2D eigenvalue weighted by Crippen LogP contribution is -2.18. The minimum atomic E-state index is -1.63. The number of hydrogen-bond acceptors (Lipinski definition) is 4. The molecule has 0 saturated heterocycles. The quantitative estimate of drug-likeness (QED) is 0.307. The summed E-state index contributed by atoms with van der Waals surface area (Å²) in [5.74, 6) is -0.993. The van der Waals surface area contributed by atoms with Gasteiger partial charge < -0.3 is 9.47 Å². The molecule has 0 heterocycles. The molecule has 0 aliphatic heterocycles. The van der Waals surface area contributed by atoms with E-state index in [-0.39, 0.29) is 19.4 Å². The fraction of sp³-hybridized carbons (Fsp3) is 0.857. The third kappa shape index (κ3) is 16.0. The molecule has 0 aromatic heterocycles. The Morgan fingerprint density at radius 3 is 1.95 bits per heavy atom. The lowest BCUT2D eigenvalue weighted by Gasteiger charge is -2.11. The average Bonchev–Trinajstić information content (AvgIpc) is 2.41. The van der Waals surface area contributed by atoms with E-state index in [1.807, 2.05) is 0 Å². The summed E-state index contributed by atoms with van der Waals surface area (Å²) in [5.41, 5.74) is 0. The maximum atomic E-state index is 11.4. The van der Waals surface area contributed by atoms with Gasteiger partial charge in [0, 0.05) is 0 Å². The number of halogens is 3. The number of carbonyl (C=O) groups excluding carboxylic acids is 2. The summed E-state index contributed by atoms with van der Waals surface area (Å²) in [6.07, 6.45) is 6.66. The van der Waals surface area contributed by atoms with Crippen LogP contribution in [0.4, 0.5) is 0 Å². The van der Waals surface area contributed by atoms with Crippen molar-refractivity contribution in [3.63, 3.8) is 0 Å². The lowest BCUT2D eigenvalue weighted by atomic mass is 10.1. The molecule has 0 aromatic carbocycles. The Kier molecular flexibility index (Phi) is 12.3. The molecule has 0 unspecified atom stereocenters. The number of rotatable bonds is 11. The molecule has 0 radical (unpaired) electrons. The van der Waals surface area contributed by atoms with E-state index in [1.165, 1.54) is 19.3 Å². The van der Waals surface area contributed by atoms with Crippen molar-refractivity contribution in [2.75, 3.05) is 13.2 Å². The molecule has 0 fully saturated rings. The predicted molar refractivity (Wildman–Crippen MR) is 84.8 cm³/mol. The highest BCUT2D eigenvalue weighted by molar-refractivity contribution is 6.67. The van der Waals surface area contributed by atoms with Crippen molar-refractivity contribution in [1.29, 1.82) is 0 Å². The predicted octanol–water partition coefficient (Wildman–Crippen LogP) is 4.58. The summed E-state index contributed by atoms with van der Waals surface area (Å²) in [6.45, 7) is 2.23. The third-order valence-electron chi connectivity index (χ3n) is 2.69. The molecule has 0 aliphatic rings. The number of ether oxygens (including phenoxy) is 2. The smallest absolute Gasteiger partial charge is 0.306 e. The molecule has 0 aromatic rings. The topological polar surface area (TPSA) is 52.6 Å². The summed E-state index contributed by atoms with van der Waals surface area (Å²) in [6, 6.07) is 0. The van der Waals surface area contributed by atoms with E-state index < -0.39 is 15.7 Å². The first-order chi connectivity index (χ1) is 9.85. The van der Waals surface area contributed by atoms with E-state index in [0.717, 1.165) is 19.3 Å². The molecule has 0 atom stereocenters. The van der Waals surface area contributed by atoms with Crippen LogP contribution in [-0.2, 0) is 19.1 Å². The van der Waals surface area contributed by atoms with Crippen LogP contribution in [0.3, 0.4) is 0 Å². The van der Waals surface area contributed by atoms with Gasteiger partial charge in [-0.1, -0.05) is 73.8 Å². The monoisotopic (exact) mass is 360 g/mol. The molecule has 7 heteroatoms. The number of esters is 2. The highest BCUT2D eigenvalue weighted by Crippen LogP contribution is 2.26. The maximum absolute atomic E-state index is 11.4. The number of alkyl halides is 3. The van der Waals surface area contributed by atoms with E-state index in [4.69, 9.17) is 44.3 Å². The van der Waals surface area contributed by atoms with E-state index in [0.29, 0.717) is 6.61 Å². The van der Waals surface area contributed by atoms with Crippen molar-refractivity contribution < 1.29 is 19.1 Å². The largest absolute Gasteiger partial charge is 0.466 e. The van der Waals surface area contributed by atoms with Crippen molar-refractivity contribution in [2.45, 2.75) is 62.1 Å². The van der Waals surface area contributed by atoms with Gasteiger partial charge in [0.2, 0.25) is 3.79 Å². The Balaban J connectivity index is 3.47. The summed E-state index contributed by atoms with van der Waals surface area (Å²) < 4.78 is 8.08. The van der Waals surface area contributed by atoms with Crippen LogP contribution in [0.2, 0.25) is 0 Å². The minimum Gasteiger partial charge on any atom is -0.466 e. The van der Waals surface area contributed by atoms with Crippen LogP contribution in [-0.4, -0.2) is 28.9 Å². The normalized spacial score (nSPS) is 11.2. The summed E-state index contributed by atoms with van der Waals surface area (Å²) in [5, 5.41) is 0. The first-order valence-electron chi connectivity index (χ1n) is 7.23. The van der Waals surface area contributed by atoms with Crippen molar-refractivity contribution in [3.8, 4) is 0 Å². The van der Waals surface area contributed by atoms with Gasteiger partial charge in [-0.25, -0.2) is 0 Å². The van der Waals surface area contributed by atoms with Crippen LogP contribution < -0.4 is 0 Å². The Morgan fingerprint density at radius 2 is 1.38 bits per heavy atom. The fourth-order valence-corrected chi connectivity index (χ4v) is 1.74. The Bertz CT molecular complexity index is 303. The molecule has 0 bridgehead atoms. The third-order valence-corrected chi connectivity index (χ3v) is 3.02. The Labute approximate surface area is 141 Å². The number of unbranched alkanes of at least 4 members (excludes halogenated alkanes) is 5. The van der Waals surface area contributed by atoms with Crippen LogP contribution in [0.25, 0.3) is 0 Å². The molecule has 4 nitrogen and oxygen atoms in total. The van der Waals surface area contributed by atoms with Crippen molar-refractivity contribution >= 4 is 46.7 Å². The van der Waals surface area contributed by atoms with Crippen molar-refractivity contribution in [3.05, 3.63) is 0 Å². The Hall–Kier alpha value is -0.190. The highest BCUT2D eigenvalue weighted by Gasteiger charge is 2.22. The zero-order chi connectivity index (χ0) is 16.1. The van der Waals surface area contributed by atoms with E-state index in [1.54, 1.807) is 0 Å². The molecule has 124 valence electrons. The molecule has 0 N–H and O–H groups in total. The fourth-order valence-electron chi connectivity index (χ4n) is 1.58. The Morgan fingerprint density at radius 1 is 0.857 bits per heavy atom. The molecule has 0 amide bonds.